The molecule has 1 fully saturated rings. The van der Waals surface area contributed by atoms with Crippen molar-refractivity contribution in [2.75, 3.05) is 19.6 Å². The molecule has 0 aliphatic carbocycles. The van der Waals surface area contributed by atoms with E-state index in [2.05, 4.69) is 10.3 Å². The molecule has 16 heavy (non-hydrogen) atoms. The van der Waals surface area contributed by atoms with E-state index in [4.69, 9.17) is 23.2 Å². The van der Waals surface area contributed by atoms with Crippen LogP contribution in [0.4, 0.5) is 0 Å². The van der Waals surface area contributed by atoms with Crippen molar-refractivity contribution in [3.8, 4) is 0 Å². The maximum absolute atomic E-state index is 11.2. The molecule has 1 aromatic heterocycles. The number of aromatic nitrogens is 1. The van der Waals surface area contributed by atoms with Gasteiger partial charge in [-0.05, 0) is 6.07 Å². The number of nitrogens with one attached hydrogen (secondary N) is 1. The van der Waals surface area contributed by atoms with Gasteiger partial charge in [0.25, 0.3) is 0 Å². The molecule has 1 aliphatic rings. The minimum absolute atomic E-state index is 0.0456. The standard InChI is InChI=1S/C10H11Cl2N3O/c11-8-3-9(12)14-4-7(8)5-15-2-1-13-10(16)6-15/h3-4H,1-2,5-6H2,(H,13,16). The third-order valence-corrected chi connectivity index (χ3v) is 2.97. The van der Waals surface area contributed by atoms with Gasteiger partial charge in [0.1, 0.15) is 5.15 Å². The lowest BCUT2D eigenvalue weighted by molar-refractivity contribution is -0.124. The maximum atomic E-state index is 11.2. The molecular weight excluding hydrogens is 249 g/mol. The topological polar surface area (TPSA) is 45.2 Å². The second-order valence-corrected chi connectivity index (χ2v) is 4.45. The van der Waals surface area contributed by atoms with Gasteiger partial charge in [0.05, 0.1) is 6.54 Å². The predicted molar refractivity (Wildman–Crippen MR) is 62.5 cm³/mol. The summed E-state index contributed by atoms with van der Waals surface area (Å²) in [6, 6.07) is 1.61. The van der Waals surface area contributed by atoms with Crippen LogP contribution in [0.3, 0.4) is 0 Å². The first-order valence-electron chi connectivity index (χ1n) is 4.94. The van der Waals surface area contributed by atoms with E-state index in [1.54, 1.807) is 12.3 Å². The molecule has 1 N–H and O–H groups in total. The molecule has 0 unspecified atom stereocenters. The highest BCUT2D eigenvalue weighted by Gasteiger charge is 2.17. The summed E-state index contributed by atoms with van der Waals surface area (Å²) in [5, 5.41) is 3.74. The molecule has 4 nitrogen and oxygen atoms in total. The zero-order valence-corrected chi connectivity index (χ0v) is 10.1. The molecule has 2 heterocycles. The Morgan fingerprint density at radius 3 is 3.00 bits per heavy atom. The first kappa shape index (κ1) is 11.6. The van der Waals surface area contributed by atoms with Crippen molar-refractivity contribution in [3.63, 3.8) is 0 Å². The van der Waals surface area contributed by atoms with Crippen molar-refractivity contribution in [2.45, 2.75) is 6.54 Å². The number of rotatable bonds is 2. The Morgan fingerprint density at radius 2 is 2.31 bits per heavy atom. The Hall–Kier alpha value is -0.840. The fourth-order valence-electron chi connectivity index (χ4n) is 1.62. The molecule has 2 rings (SSSR count). The van der Waals surface area contributed by atoms with E-state index in [1.807, 2.05) is 4.90 Å². The van der Waals surface area contributed by atoms with Gasteiger partial charge in [0.15, 0.2) is 0 Å². The van der Waals surface area contributed by atoms with E-state index in [9.17, 15) is 4.79 Å². The average Bonchev–Trinajstić information content (AvgIpc) is 2.22. The van der Waals surface area contributed by atoms with E-state index in [0.717, 1.165) is 12.1 Å². The van der Waals surface area contributed by atoms with Crippen LogP contribution < -0.4 is 5.32 Å². The normalized spacial score (nSPS) is 17.2. The third-order valence-electron chi connectivity index (χ3n) is 2.41. The fourth-order valence-corrected chi connectivity index (χ4v) is 2.05. The summed E-state index contributed by atoms with van der Waals surface area (Å²) >= 11 is 11.7. The van der Waals surface area contributed by atoms with Crippen molar-refractivity contribution < 1.29 is 4.79 Å². The lowest BCUT2D eigenvalue weighted by Gasteiger charge is -2.26. The molecule has 0 saturated carbocycles. The summed E-state index contributed by atoms with van der Waals surface area (Å²) in [5.41, 5.74) is 0.890. The highest BCUT2D eigenvalue weighted by atomic mass is 35.5. The lowest BCUT2D eigenvalue weighted by Crippen LogP contribution is -2.47. The van der Waals surface area contributed by atoms with Crippen LogP contribution in [0.2, 0.25) is 10.2 Å². The molecule has 1 amide bonds. The number of hydrogen-bond acceptors (Lipinski definition) is 3. The van der Waals surface area contributed by atoms with E-state index in [0.29, 0.717) is 29.8 Å². The monoisotopic (exact) mass is 259 g/mol. The van der Waals surface area contributed by atoms with Crippen molar-refractivity contribution in [3.05, 3.63) is 28.0 Å². The summed E-state index contributed by atoms with van der Waals surface area (Å²) in [4.78, 5) is 17.2. The number of carbonyl (C=O) groups excluding carboxylic acids is 1. The van der Waals surface area contributed by atoms with Gasteiger partial charge in [-0.1, -0.05) is 23.2 Å². The van der Waals surface area contributed by atoms with Crippen LogP contribution in [-0.2, 0) is 11.3 Å². The van der Waals surface area contributed by atoms with Crippen LogP contribution in [-0.4, -0.2) is 35.4 Å². The Balaban J connectivity index is 2.05. The average molecular weight is 260 g/mol. The van der Waals surface area contributed by atoms with Crippen LogP contribution in [0, 0.1) is 0 Å². The molecule has 1 aliphatic heterocycles. The Bertz CT molecular complexity index is 411. The molecule has 1 saturated heterocycles. The molecule has 0 radical (unpaired) electrons. The molecule has 1 aromatic rings. The second kappa shape index (κ2) is 4.99. The molecule has 0 spiro atoms. The van der Waals surface area contributed by atoms with Gasteiger partial charge in [-0.2, -0.15) is 0 Å². The van der Waals surface area contributed by atoms with Crippen molar-refractivity contribution >= 4 is 29.1 Å². The predicted octanol–water partition coefficient (Wildman–Crippen LogP) is 1.32. The number of hydrogen-bond donors (Lipinski definition) is 1. The summed E-state index contributed by atoms with van der Waals surface area (Å²) in [6.07, 6.45) is 1.65. The molecule has 6 heteroatoms. The highest BCUT2D eigenvalue weighted by Crippen LogP contribution is 2.20. The maximum Gasteiger partial charge on any atom is 0.234 e. The van der Waals surface area contributed by atoms with Crippen LogP contribution in [0.15, 0.2) is 12.3 Å². The Labute approximate surface area is 104 Å². The third kappa shape index (κ3) is 2.84. The highest BCUT2D eigenvalue weighted by molar-refractivity contribution is 6.34. The van der Waals surface area contributed by atoms with Gasteiger partial charge in [-0.15, -0.1) is 0 Å². The van der Waals surface area contributed by atoms with Crippen LogP contribution in [0.1, 0.15) is 5.56 Å². The number of nitrogens with zero attached hydrogens (tertiary/aromatic N) is 2. The van der Waals surface area contributed by atoms with Crippen LogP contribution in [0.25, 0.3) is 0 Å². The number of piperazine rings is 1. The zero-order valence-electron chi connectivity index (χ0n) is 8.54. The molecular formula is C10H11Cl2N3O. The number of pyridine rings is 1. The smallest absolute Gasteiger partial charge is 0.234 e. The zero-order chi connectivity index (χ0) is 11.5. The molecule has 0 bridgehead atoms. The first-order valence-corrected chi connectivity index (χ1v) is 5.70. The van der Waals surface area contributed by atoms with Gasteiger partial charge >= 0.3 is 0 Å². The van der Waals surface area contributed by atoms with E-state index >= 15 is 0 Å². The second-order valence-electron chi connectivity index (χ2n) is 3.66. The number of halogens is 2. The van der Waals surface area contributed by atoms with Crippen molar-refractivity contribution in [1.82, 2.24) is 15.2 Å². The Kier molecular flexibility index (Phi) is 3.63. The summed E-state index contributed by atoms with van der Waals surface area (Å²) in [7, 11) is 0. The van der Waals surface area contributed by atoms with Crippen molar-refractivity contribution in [1.29, 1.82) is 0 Å². The lowest BCUT2D eigenvalue weighted by atomic mass is 10.2. The summed E-state index contributed by atoms with van der Waals surface area (Å²) in [6.45, 7) is 2.53. The minimum Gasteiger partial charge on any atom is -0.354 e. The van der Waals surface area contributed by atoms with Gasteiger partial charge in [0, 0.05) is 36.4 Å². The van der Waals surface area contributed by atoms with Crippen LogP contribution >= 0.6 is 23.2 Å². The molecule has 0 atom stereocenters. The van der Waals surface area contributed by atoms with E-state index in [1.165, 1.54) is 0 Å². The fraction of sp³-hybridized carbons (Fsp3) is 0.400. The van der Waals surface area contributed by atoms with E-state index < -0.39 is 0 Å². The largest absolute Gasteiger partial charge is 0.354 e. The van der Waals surface area contributed by atoms with E-state index in [-0.39, 0.29) is 5.91 Å². The Morgan fingerprint density at radius 1 is 1.50 bits per heavy atom. The van der Waals surface area contributed by atoms with Crippen molar-refractivity contribution in [2.24, 2.45) is 0 Å². The van der Waals surface area contributed by atoms with Gasteiger partial charge in [-0.3, -0.25) is 9.69 Å². The first-order chi connectivity index (χ1) is 7.65. The number of carbonyl (C=O) groups is 1. The summed E-state index contributed by atoms with van der Waals surface area (Å²) in [5.74, 6) is 0.0456. The van der Waals surface area contributed by atoms with Crippen LogP contribution in [0.5, 0.6) is 0 Å². The molecule has 86 valence electrons. The van der Waals surface area contributed by atoms with Gasteiger partial charge in [0.2, 0.25) is 5.91 Å². The number of amides is 1. The van der Waals surface area contributed by atoms with Gasteiger partial charge < -0.3 is 5.32 Å². The van der Waals surface area contributed by atoms with Gasteiger partial charge in [-0.25, -0.2) is 4.98 Å². The quantitative estimate of drug-likeness (QED) is 0.816. The SMILES string of the molecule is O=C1CN(Cc2cnc(Cl)cc2Cl)CCN1. The molecule has 0 aromatic carbocycles. The summed E-state index contributed by atoms with van der Waals surface area (Å²) < 4.78 is 0. The minimum atomic E-state index is 0.0456.